The Morgan fingerprint density at radius 3 is 2.39 bits per heavy atom. The Morgan fingerprint density at radius 2 is 1.83 bits per heavy atom. The quantitative estimate of drug-likeness (QED) is 0.816. The summed E-state index contributed by atoms with van der Waals surface area (Å²) in [6.45, 7) is 1.44. The molecule has 0 aromatic heterocycles. The zero-order chi connectivity index (χ0) is 13.1. The standard InChI is InChI=1S/C15H11NO2/c1-10(17)15-12(9-16)3-2-4-14(15)11-5-7-13(18)8-6-11/h2-8,18H,1H3. The Hall–Kier alpha value is -2.60. The van der Waals surface area contributed by atoms with Crippen LogP contribution in [0.3, 0.4) is 0 Å². The number of Topliss-reactive ketones (excluding diaryl/α,β-unsaturated/α-hetero) is 1. The number of phenols is 1. The van der Waals surface area contributed by atoms with Gasteiger partial charge in [0, 0.05) is 5.56 Å². The summed E-state index contributed by atoms with van der Waals surface area (Å²) < 4.78 is 0. The second kappa shape index (κ2) is 4.72. The third-order valence-electron chi connectivity index (χ3n) is 2.72. The van der Waals surface area contributed by atoms with Gasteiger partial charge in [0.15, 0.2) is 5.78 Å². The van der Waals surface area contributed by atoms with Gasteiger partial charge in [-0.1, -0.05) is 24.3 Å². The van der Waals surface area contributed by atoms with Crippen molar-refractivity contribution in [2.75, 3.05) is 0 Å². The van der Waals surface area contributed by atoms with E-state index in [0.717, 1.165) is 5.56 Å². The molecule has 18 heavy (non-hydrogen) atoms. The van der Waals surface area contributed by atoms with Gasteiger partial charge in [0.2, 0.25) is 0 Å². The number of hydrogen-bond donors (Lipinski definition) is 1. The van der Waals surface area contributed by atoms with Crippen LogP contribution >= 0.6 is 0 Å². The Kier molecular flexibility index (Phi) is 3.11. The molecule has 0 bridgehead atoms. The van der Waals surface area contributed by atoms with Crippen LogP contribution in [0.5, 0.6) is 5.75 Å². The van der Waals surface area contributed by atoms with Crippen molar-refractivity contribution in [1.82, 2.24) is 0 Å². The van der Waals surface area contributed by atoms with Crippen LogP contribution in [0.15, 0.2) is 42.5 Å². The zero-order valence-corrected chi connectivity index (χ0v) is 9.84. The van der Waals surface area contributed by atoms with E-state index in [9.17, 15) is 9.90 Å². The van der Waals surface area contributed by atoms with E-state index in [0.29, 0.717) is 16.7 Å². The van der Waals surface area contributed by atoms with E-state index in [1.54, 1.807) is 42.5 Å². The van der Waals surface area contributed by atoms with Gasteiger partial charge in [-0.05, 0) is 36.2 Å². The second-order valence-electron chi connectivity index (χ2n) is 3.94. The van der Waals surface area contributed by atoms with Crippen molar-refractivity contribution in [2.45, 2.75) is 6.92 Å². The van der Waals surface area contributed by atoms with Crippen LogP contribution < -0.4 is 0 Å². The van der Waals surface area contributed by atoms with Crippen LogP contribution in [0.25, 0.3) is 11.1 Å². The first-order valence-electron chi connectivity index (χ1n) is 5.47. The number of ketones is 1. The van der Waals surface area contributed by atoms with Gasteiger partial charge >= 0.3 is 0 Å². The number of carbonyl (C=O) groups excluding carboxylic acids is 1. The minimum atomic E-state index is -0.143. The molecule has 0 aliphatic carbocycles. The normalized spacial score (nSPS) is 9.78. The lowest BCUT2D eigenvalue weighted by Crippen LogP contribution is -2.00. The summed E-state index contributed by atoms with van der Waals surface area (Å²) in [5.41, 5.74) is 2.30. The fourth-order valence-electron chi connectivity index (χ4n) is 1.91. The molecule has 3 heteroatoms. The highest BCUT2D eigenvalue weighted by molar-refractivity contribution is 6.03. The Balaban J connectivity index is 2.68. The van der Waals surface area contributed by atoms with Crippen LogP contribution in [0.1, 0.15) is 22.8 Å². The fourth-order valence-corrected chi connectivity index (χ4v) is 1.91. The summed E-state index contributed by atoms with van der Waals surface area (Å²) >= 11 is 0. The summed E-state index contributed by atoms with van der Waals surface area (Å²) in [6, 6.07) is 13.7. The molecule has 0 aliphatic heterocycles. The van der Waals surface area contributed by atoms with Crippen LogP contribution in [0.4, 0.5) is 0 Å². The Morgan fingerprint density at radius 1 is 1.17 bits per heavy atom. The molecule has 1 N–H and O–H groups in total. The molecule has 88 valence electrons. The molecule has 0 heterocycles. The first-order chi connectivity index (χ1) is 8.63. The minimum absolute atomic E-state index is 0.143. The molecule has 0 fully saturated rings. The second-order valence-corrected chi connectivity index (χ2v) is 3.94. The number of nitriles is 1. The first-order valence-corrected chi connectivity index (χ1v) is 5.47. The van der Waals surface area contributed by atoms with Gasteiger partial charge in [-0.15, -0.1) is 0 Å². The molecule has 2 rings (SSSR count). The molecule has 0 aliphatic rings. The van der Waals surface area contributed by atoms with E-state index >= 15 is 0 Å². The van der Waals surface area contributed by atoms with Gasteiger partial charge in [0.25, 0.3) is 0 Å². The molecule has 0 amide bonds. The fraction of sp³-hybridized carbons (Fsp3) is 0.0667. The molecule has 0 radical (unpaired) electrons. The highest BCUT2D eigenvalue weighted by Crippen LogP contribution is 2.27. The smallest absolute Gasteiger partial charge is 0.161 e. The molecular formula is C15H11NO2. The number of nitrogens with zero attached hydrogens (tertiary/aromatic N) is 1. The lowest BCUT2D eigenvalue weighted by atomic mass is 9.93. The van der Waals surface area contributed by atoms with Crippen molar-refractivity contribution in [2.24, 2.45) is 0 Å². The van der Waals surface area contributed by atoms with Crippen molar-refractivity contribution < 1.29 is 9.90 Å². The molecule has 0 saturated carbocycles. The average Bonchev–Trinajstić information content (AvgIpc) is 2.38. The summed E-state index contributed by atoms with van der Waals surface area (Å²) in [5, 5.41) is 18.3. The van der Waals surface area contributed by atoms with Crippen LogP contribution in [-0.4, -0.2) is 10.9 Å². The molecule has 0 unspecified atom stereocenters. The van der Waals surface area contributed by atoms with Gasteiger partial charge in [-0.25, -0.2) is 0 Å². The maximum absolute atomic E-state index is 11.7. The monoisotopic (exact) mass is 237 g/mol. The number of phenolic OH excluding ortho intramolecular Hbond substituents is 1. The van der Waals surface area contributed by atoms with E-state index in [1.165, 1.54) is 6.92 Å². The van der Waals surface area contributed by atoms with Crippen molar-refractivity contribution in [3.8, 4) is 22.9 Å². The molecule has 2 aromatic carbocycles. The summed E-state index contributed by atoms with van der Waals surface area (Å²) in [7, 11) is 0. The van der Waals surface area contributed by atoms with Crippen molar-refractivity contribution in [3.63, 3.8) is 0 Å². The molecular weight excluding hydrogens is 226 g/mol. The van der Waals surface area contributed by atoms with Crippen LogP contribution in [0.2, 0.25) is 0 Å². The first kappa shape index (κ1) is 11.9. The van der Waals surface area contributed by atoms with Crippen molar-refractivity contribution in [1.29, 1.82) is 5.26 Å². The zero-order valence-electron chi connectivity index (χ0n) is 9.84. The van der Waals surface area contributed by atoms with Crippen LogP contribution in [-0.2, 0) is 0 Å². The highest BCUT2D eigenvalue weighted by atomic mass is 16.3. The van der Waals surface area contributed by atoms with Crippen LogP contribution in [0, 0.1) is 11.3 Å². The predicted octanol–water partition coefficient (Wildman–Crippen LogP) is 3.13. The lowest BCUT2D eigenvalue weighted by molar-refractivity contribution is 0.101. The maximum atomic E-state index is 11.7. The number of hydrogen-bond acceptors (Lipinski definition) is 3. The lowest BCUT2D eigenvalue weighted by Gasteiger charge is -2.08. The molecule has 0 atom stereocenters. The molecule has 0 saturated heterocycles. The van der Waals surface area contributed by atoms with Gasteiger partial charge < -0.3 is 5.11 Å². The van der Waals surface area contributed by atoms with Crippen molar-refractivity contribution in [3.05, 3.63) is 53.6 Å². The van der Waals surface area contributed by atoms with Gasteiger partial charge in [0.1, 0.15) is 5.75 Å². The van der Waals surface area contributed by atoms with E-state index in [1.807, 2.05) is 6.07 Å². The number of aromatic hydroxyl groups is 1. The van der Waals surface area contributed by atoms with Gasteiger partial charge in [-0.2, -0.15) is 5.26 Å². The van der Waals surface area contributed by atoms with Gasteiger partial charge in [-0.3, -0.25) is 4.79 Å². The summed E-state index contributed by atoms with van der Waals surface area (Å²) in [4.78, 5) is 11.7. The number of rotatable bonds is 2. The molecule has 2 aromatic rings. The molecule has 0 spiro atoms. The largest absolute Gasteiger partial charge is 0.508 e. The van der Waals surface area contributed by atoms with E-state index in [-0.39, 0.29) is 11.5 Å². The Labute approximate surface area is 105 Å². The number of benzene rings is 2. The highest BCUT2D eigenvalue weighted by Gasteiger charge is 2.13. The SMILES string of the molecule is CC(=O)c1c(C#N)cccc1-c1ccc(O)cc1. The molecule has 3 nitrogen and oxygen atoms in total. The minimum Gasteiger partial charge on any atom is -0.508 e. The van der Waals surface area contributed by atoms with E-state index < -0.39 is 0 Å². The maximum Gasteiger partial charge on any atom is 0.161 e. The van der Waals surface area contributed by atoms with E-state index in [4.69, 9.17) is 5.26 Å². The topological polar surface area (TPSA) is 61.1 Å². The third kappa shape index (κ3) is 2.09. The van der Waals surface area contributed by atoms with Crippen molar-refractivity contribution >= 4 is 5.78 Å². The van der Waals surface area contributed by atoms with E-state index in [2.05, 4.69) is 0 Å². The van der Waals surface area contributed by atoms with Gasteiger partial charge in [0.05, 0.1) is 11.6 Å². The third-order valence-corrected chi connectivity index (χ3v) is 2.72. The summed E-state index contributed by atoms with van der Waals surface area (Å²) in [5.74, 6) is 0.0230. The average molecular weight is 237 g/mol. The summed E-state index contributed by atoms with van der Waals surface area (Å²) in [6.07, 6.45) is 0. The predicted molar refractivity (Wildman–Crippen MR) is 68.3 cm³/mol. The Bertz CT molecular complexity index is 637. The number of carbonyl (C=O) groups is 1.